The third-order valence-corrected chi connectivity index (χ3v) is 7.35. The van der Waals surface area contributed by atoms with Gasteiger partial charge in [0.25, 0.3) is 0 Å². The van der Waals surface area contributed by atoms with Crippen molar-refractivity contribution in [2.24, 2.45) is 0 Å². The van der Waals surface area contributed by atoms with Crippen molar-refractivity contribution in [2.75, 3.05) is 17.7 Å². The molecular weight excluding hydrogens is 508 g/mol. The lowest BCUT2D eigenvalue weighted by atomic mass is 10.1. The number of aromatic nitrogens is 3. The number of amides is 1. The molecule has 2 heterocycles. The Morgan fingerprint density at radius 3 is 2.60 bits per heavy atom. The number of thiophene rings is 1. The van der Waals surface area contributed by atoms with E-state index in [-0.39, 0.29) is 24.9 Å². The summed E-state index contributed by atoms with van der Waals surface area (Å²) in [5, 5.41) is 13.0. The van der Waals surface area contributed by atoms with Gasteiger partial charge in [0.05, 0.1) is 17.9 Å². The van der Waals surface area contributed by atoms with E-state index in [1.807, 2.05) is 37.5 Å². The number of carbonyl (C=O) groups excluding carboxylic acids is 2. The fourth-order valence-corrected chi connectivity index (χ4v) is 5.03. The zero-order chi connectivity index (χ0) is 25.5. The van der Waals surface area contributed by atoms with Crippen LogP contribution in [0.3, 0.4) is 0 Å². The summed E-state index contributed by atoms with van der Waals surface area (Å²) in [5.74, 6) is 0.665. The Morgan fingerprint density at radius 2 is 1.94 bits per heavy atom. The van der Waals surface area contributed by atoms with Crippen molar-refractivity contribution in [3.05, 3.63) is 63.3 Å². The van der Waals surface area contributed by atoms with E-state index in [2.05, 4.69) is 22.1 Å². The first-order chi connectivity index (χ1) is 16.7. The molecule has 1 amide bonds. The Hall–Kier alpha value is -2.82. The number of thioether (sulfide) groups is 1. The van der Waals surface area contributed by atoms with E-state index in [9.17, 15) is 9.59 Å². The molecule has 3 aromatic rings. The molecule has 0 saturated carbocycles. The number of esters is 1. The molecule has 1 N–H and O–H groups in total. The molecule has 0 atom stereocenters. The fraction of sp³-hybridized carbons (Fsp3) is 0.333. The number of anilines is 1. The first kappa shape index (κ1) is 26.8. The van der Waals surface area contributed by atoms with Crippen LogP contribution in [0.2, 0.25) is 5.02 Å². The second-order valence-electron chi connectivity index (χ2n) is 7.61. The highest BCUT2D eigenvalue weighted by atomic mass is 35.5. The quantitative estimate of drug-likeness (QED) is 0.194. The third-order valence-electron chi connectivity index (χ3n) is 4.82. The van der Waals surface area contributed by atoms with E-state index in [0.29, 0.717) is 33.8 Å². The van der Waals surface area contributed by atoms with Crippen LogP contribution in [0.4, 0.5) is 5.00 Å². The van der Waals surface area contributed by atoms with Crippen LogP contribution in [-0.4, -0.2) is 39.0 Å². The summed E-state index contributed by atoms with van der Waals surface area (Å²) in [6, 6.07) is 5.46. The van der Waals surface area contributed by atoms with Crippen LogP contribution in [0.15, 0.2) is 36.0 Å². The predicted octanol–water partition coefficient (Wildman–Crippen LogP) is 5.59. The van der Waals surface area contributed by atoms with E-state index in [1.165, 1.54) is 23.1 Å². The molecule has 35 heavy (non-hydrogen) atoms. The van der Waals surface area contributed by atoms with Gasteiger partial charge in [-0.15, -0.1) is 28.1 Å². The number of carbonyl (C=O) groups is 2. The lowest BCUT2D eigenvalue weighted by molar-refractivity contribution is -0.113. The van der Waals surface area contributed by atoms with Crippen molar-refractivity contribution in [2.45, 2.75) is 46.0 Å². The molecule has 0 radical (unpaired) electrons. The van der Waals surface area contributed by atoms with Gasteiger partial charge in [-0.05, 0) is 57.0 Å². The number of nitrogens with one attached hydrogen (secondary N) is 1. The van der Waals surface area contributed by atoms with Crippen molar-refractivity contribution in [1.82, 2.24) is 14.8 Å². The molecule has 2 aromatic heterocycles. The smallest absolute Gasteiger partial charge is 0.341 e. The van der Waals surface area contributed by atoms with Gasteiger partial charge in [-0.25, -0.2) is 4.79 Å². The van der Waals surface area contributed by atoms with Crippen molar-refractivity contribution in [1.29, 1.82) is 0 Å². The number of hydrogen-bond donors (Lipinski definition) is 1. The Balaban J connectivity index is 1.65. The van der Waals surface area contributed by atoms with Crippen LogP contribution in [0.5, 0.6) is 5.75 Å². The van der Waals surface area contributed by atoms with Gasteiger partial charge in [0.2, 0.25) is 5.91 Å². The maximum Gasteiger partial charge on any atom is 0.341 e. The lowest BCUT2D eigenvalue weighted by Crippen LogP contribution is -2.16. The highest BCUT2D eigenvalue weighted by Gasteiger charge is 2.19. The van der Waals surface area contributed by atoms with Crippen LogP contribution >= 0.6 is 34.7 Å². The van der Waals surface area contributed by atoms with Crippen molar-refractivity contribution in [3.63, 3.8) is 0 Å². The Bertz CT molecular complexity index is 1220. The molecule has 0 aliphatic rings. The van der Waals surface area contributed by atoms with Crippen LogP contribution in [0, 0.1) is 20.8 Å². The first-order valence-corrected chi connectivity index (χ1v) is 13.0. The zero-order valence-electron chi connectivity index (χ0n) is 20.0. The number of rotatable bonds is 11. The molecular formula is C24H27ClN4O4S2. The van der Waals surface area contributed by atoms with Crippen LogP contribution in [0.25, 0.3) is 0 Å². The second-order valence-corrected chi connectivity index (χ2v) is 10.2. The molecule has 0 aliphatic carbocycles. The van der Waals surface area contributed by atoms with Gasteiger partial charge >= 0.3 is 5.97 Å². The minimum absolute atomic E-state index is 0.0882. The number of allylic oxidation sites excluding steroid dienone is 1. The summed E-state index contributed by atoms with van der Waals surface area (Å²) in [7, 11) is 0. The van der Waals surface area contributed by atoms with E-state index < -0.39 is 5.97 Å². The normalized spacial score (nSPS) is 10.8. The van der Waals surface area contributed by atoms with E-state index in [1.54, 1.807) is 19.1 Å². The van der Waals surface area contributed by atoms with Crippen LogP contribution in [0.1, 0.15) is 39.1 Å². The summed E-state index contributed by atoms with van der Waals surface area (Å²) >= 11 is 8.80. The Kier molecular flexibility index (Phi) is 9.36. The number of nitrogens with zero attached hydrogens (tertiary/aromatic N) is 3. The van der Waals surface area contributed by atoms with Gasteiger partial charge in [-0.2, -0.15) is 0 Å². The Labute approximate surface area is 217 Å². The maximum absolute atomic E-state index is 12.6. The first-order valence-electron chi connectivity index (χ1n) is 10.9. The SMILES string of the molecule is C=CCn1c(COc2cc(C)c(Cl)c(C)c2)nnc1SCC(=O)Nc1sc(C)cc1C(=O)OCC. The van der Waals surface area contributed by atoms with Gasteiger partial charge in [0.1, 0.15) is 17.4 Å². The molecule has 0 spiro atoms. The third kappa shape index (κ3) is 6.87. The Morgan fingerprint density at radius 1 is 1.23 bits per heavy atom. The lowest BCUT2D eigenvalue weighted by Gasteiger charge is -2.11. The largest absolute Gasteiger partial charge is 0.486 e. The van der Waals surface area contributed by atoms with Gasteiger partial charge in [0.15, 0.2) is 11.0 Å². The predicted molar refractivity (Wildman–Crippen MR) is 140 cm³/mol. The molecule has 0 bridgehead atoms. The van der Waals surface area contributed by atoms with E-state index >= 15 is 0 Å². The molecule has 0 unspecified atom stereocenters. The summed E-state index contributed by atoms with van der Waals surface area (Å²) in [4.78, 5) is 25.7. The molecule has 3 rings (SSSR count). The molecule has 1 aromatic carbocycles. The van der Waals surface area contributed by atoms with Crippen molar-refractivity contribution < 1.29 is 19.1 Å². The zero-order valence-corrected chi connectivity index (χ0v) is 22.4. The van der Waals surface area contributed by atoms with Gasteiger partial charge in [-0.1, -0.05) is 29.4 Å². The number of ether oxygens (including phenoxy) is 2. The van der Waals surface area contributed by atoms with E-state index in [4.69, 9.17) is 21.1 Å². The van der Waals surface area contributed by atoms with Gasteiger partial charge in [-0.3, -0.25) is 9.36 Å². The maximum atomic E-state index is 12.6. The minimum atomic E-state index is -0.457. The molecule has 186 valence electrons. The average Bonchev–Trinajstić information content (AvgIpc) is 3.37. The number of benzene rings is 1. The average molecular weight is 535 g/mol. The molecule has 0 fully saturated rings. The summed E-state index contributed by atoms with van der Waals surface area (Å²) in [6.07, 6.45) is 1.73. The minimum Gasteiger partial charge on any atom is -0.486 e. The monoisotopic (exact) mass is 534 g/mol. The summed E-state index contributed by atoms with van der Waals surface area (Å²) in [5.41, 5.74) is 2.22. The van der Waals surface area contributed by atoms with Gasteiger partial charge < -0.3 is 14.8 Å². The number of aryl methyl sites for hydroxylation is 3. The summed E-state index contributed by atoms with van der Waals surface area (Å²) < 4.78 is 12.8. The molecule has 8 nitrogen and oxygen atoms in total. The molecule has 0 aliphatic heterocycles. The number of hydrogen-bond acceptors (Lipinski definition) is 8. The molecule has 0 saturated heterocycles. The highest BCUT2D eigenvalue weighted by molar-refractivity contribution is 7.99. The van der Waals surface area contributed by atoms with Crippen LogP contribution < -0.4 is 10.1 Å². The molecule has 11 heteroatoms. The number of halogens is 1. The second kappa shape index (κ2) is 12.2. The van der Waals surface area contributed by atoms with Crippen molar-refractivity contribution >= 4 is 51.6 Å². The van der Waals surface area contributed by atoms with Crippen LogP contribution in [-0.2, 0) is 22.7 Å². The highest BCUT2D eigenvalue weighted by Crippen LogP contribution is 2.29. The summed E-state index contributed by atoms with van der Waals surface area (Å²) in [6.45, 7) is 12.2. The fourth-order valence-electron chi connectivity index (χ4n) is 3.24. The van der Waals surface area contributed by atoms with E-state index in [0.717, 1.165) is 21.0 Å². The standard InChI is InChI=1S/C24H27ClN4O4S2/c1-6-8-29-19(12-33-17-9-14(3)21(25)15(4)10-17)27-28-24(29)34-13-20(30)26-22-18(11-16(5)35-22)23(31)32-7-2/h6,9-11H,1,7-8,12-13H2,2-5H3,(H,26,30). The topological polar surface area (TPSA) is 95.3 Å². The van der Waals surface area contributed by atoms with Gasteiger partial charge in [0, 0.05) is 16.4 Å². The van der Waals surface area contributed by atoms with Crippen molar-refractivity contribution in [3.8, 4) is 5.75 Å².